The van der Waals surface area contributed by atoms with Crippen LogP contribution in [0, 0.1) is 17.8 Å². The molecular formula is C39H50F3N5O9S. The molecule has 4 aliphatic rings. The zero-order valence-electron chi connectivity index (χ0n) is 35.3. The Labute approximate surface area is 333 Å². The summed E-state index contributed by atoms with van der Waals surface area (Å²) in [4.78, 5) is 61.8. The molecule has 3 N–H and O–H groups in total. The van der Waals surface area contributed by atoms with Crippen molar-refractivity contribution in [3.05, 3.63) is 42.6 Å². The average molecular weight is 825 g/mol. The summed E-state index contributed by atoms with van der Waals surface area (Å²) in [6, 6.07) is 2.86. The average Bonchev–Trinajstić information content (AvgIpc) is 4.01. The number of alkyl halides is 3. The van der Waals surface area contributed by atoms with Crippen molar-refractivity contribution in [2.75, 3.05) is 13.6 Å². The van der Waals surface area contributed by atoms with Crippen LogP contribution >= 0.6 is 0 Å². The molecule has 2 aromatic rings. The molecule has 1 aromatic carbocycles. The number of hydrogen-bond acceptors (Lipinski definition) is 9. The fourth-order valence-corrected chi connectivity index (χ4v) is 9.37. The number of carbonyl (C=O) groups is 4. The van der Waals surface area contributed by atoms with Gasteiger partial charge in [0.15, 0.2) is 0 Å². The Morgan fingerprint density at radius 3 is 2.46 bits per heavy atom. The summed E-state index contributed by atoms with van der Waals surface area (Å²) >= 11 is 0. The third-order valence-electron chi connectivity index (χ3n) is 12.1. The number of carbonyl (C=O) groups excluding carboxylic acids is 3. The van der Waals surface area contributed by atoms with Crippen molar-refractivity contribution in [2.24, 2.45) is 17.8 Å². The highest BCUT2D eigenvalue weighted by atomic mass is 32.2. The predicted octanol–water partition coefficient (Wildman–Crippen LogP) is 5.17. The fraction of sp³-hybridized carbons (Fsp3) is 0.615. The zero-order valence-corrected chi connectivity index (χ0v) is 33.1. The van der Waals surface area contributed by atoms with Crippen LogP contribution in [0.3, 0.4) is 0 Å². The summed E-state index contributed by atoms with van der Waals surface area (Å²) in [5, 5.41) is 13.7. The highest BCUT2D eigenvalue weighted by molar-refractivity contribution is 7.91. The van der Waals surface area contributed by atoms with Crippen molar-refractivity contribution >= 4 is 44.6 Å². The summed E-state index contributed by atoms with van der Waals surface area (Å²) in [6.07, 6.45) is -2.26. The minimum absolute atomic E-state index is 0.0102. The molecule has 2 aliphatic carbocycles. The number of sulfonamides is 1. The Balaban J connectivity index is 1.43. The first-order valence-corrected chi connectivity index (χ1v) is 20.4. The van der Waals surface area contributed by atoms with Crippen molar-refractivity contribution in [1.82, 2.24) is 24.8 Å². The third-order valence-corrected chi connectivity index (χ3v) is 14.3. The van der Waals surface area contributed by atoms with E-state index in [0.29, 0.717) is 44.9 Å². The molecule has 6 rings (SSSR count). The van der Waals surface area contributed by atoms with E-state index in [2.05, 4.69) is 15.0 Å². The van der Waals surface area contributed by atoms with Gasteiger partial charge in [-0.2, -0.15) is 13.2 Å². The van der Waals surface area contributed by atoms with Crippen LogP contribution in [-0.2, 0) is 24.4 Å². The van der Waals surface area contributed by atoms with Gasteiger partial charge in [-0.15, -0.1) is 0 Å². The molecule has 0 bridgehead atoms. The van der Waals surface area contributed by atoms with Crippen LogP contribution in [0.25, 0.3) is 10.8 Å². The first-order chi connectivity index (χ1) is 27.7. The number of halogens is 3. The number of hydrogen-bond donors (Lipinski definition) is 3. The molecule has 2 saturated carbocycles. The molecule has 57 heavy (non-hydrogen) atoms. The first kappa shape index (κ1) is 37.9. The number of ether oxygens (including phenoxy) is 2. The van der Waals surface area contributed by atoms with Crippen molar-refractivity contribution in [3.63, 3.8) is 0 Å². The second-order valence-corrected chi connectivity index (χ2v) is 18.9. The standard InChI is InChI=1S/C39H50F3N5O9S/c1-22-11-7-8-12-24-19-38(24,34(50)45-57(53,54)37(5)15-16-37)44-31(48)28-18-25(56-32-27-14-10-9-13-26(27)29(55-6)20-43-32)21-46(28)33(49)30(23(2)17-22)47(35(51)52)36(3,4)39(40,41)42/h8-10,12-14,20,22-25,28,30H,7,11,15-19,21H2,1-6H3,(H,44,48)(H,45,50)(H,51,52)/b12-8-/t22-,23-,24-,25-,28+,30+,38-/m1/s1/i6D3. The predicted molar refractivity (Wildman–Crippen MR) is 202 cm³/mol. The van der Waals surface area contributed by atoms with E-state index in [1.165, 1.54) is 13.8 Å². The number of methoxy groups -OCH3 is 1. The maximum Gasteiger partial charge on any atom is 0.411 e. The molecule has 2 aliphatic heterocycles. The van der Waals surface area contributed by atoms with E-state index >= 15 is 4.79 Å². The zero-order chi connectivity index (χ0) is 44.4. The molecule has 4 amide bonds. The summed E-state index contributed by atoms with van der Waals surface area (Å²) in [5.41, 5.74) is -4.84. The second kappa shape index (κ2) is 15.0. The Kier molecular flexibility index (Phi) is 9.96. The normalized spacial score (nSPS) is 30.8. The van der Waals surface area contributed by atoms with Gasteiger partial charge in [0.1, 0.15) is 35.0 Å². The Bertz CT molecular complexity index is 2190. The number of aromatic nitrogens is 1. The lowest BCUT2D eigenvalue weighted by Crippen LogP contribution is -2.66. The van der Waals surface area contributed by atoms with Gasteiger partial charge in [0, 0.05) is 23.1 Å². The molecule has 0 radical (unpaired) electrons. The molecule has 0 spiro atoms. The number of benzene rings is 1. The molecular weight excluding hydrogens is 772 g/mol. The Morgan fingerprint density at radius 2 is 1.82 bits per heavy atom. The molecule has 1 saturated heterocycles. The van der Waals surface area contributed by atoms with E-state index in [1.54, 1.807) is 36.4 Å². The van der Waals surface area contributed by atoms with Crippen LogP contribution < -0.4 is 19.5 Å². The van der Waals surface area contributed by atoms with Gasteiger partial charge in [-0.1, -0.05) is 44.2 Å². The van der Waals surface area contributed by atoms with E-state index in [1.807, 2.05) is 6.92 Å². The van der Waals surface area contributed by atoms with Crippen LogP contribution in [-0.4, -0.2) is 106 Å². The van der Waals surface area contributed by atoms with Gasteiger partial charge in [-0.05, 0) is 77.2 Å². The number of fused-ring (bicyclic) bond motifs is 3. The lowest BCUT2D eigenvalue weighted by atomic mass is 9.85. The highest BCUT2D eigenvalue weighted by Gasteiger charge is 2.64. The van der Waals surface area contributed by atoms with Crippen LogP contribution in [0.5, 0.6) is 11.6 Å². The van der Waals surface area contributed by atoms with Crippen LogP contribution in [0.15, 0.2) is 42.6 Å². The van der Waals surface area contributed by atoms with E-state index < -0.39 is 99.4 Å². The summed E-state index contributed by atoms with van der Waals surface area (Å²) in [7, 11) is -6.98. The molecule has 312 valence electrons. The van der Waals surface area contributed by atoms with Gasteiger partial charge < -0.3 is 24.8 Å². The molecule has 3 fully saturated rings. The monoisotopic (exact) mass is 824 g/mol. The lowest BCUT2D eigenvalue weighted by molar-refractivity contribution is -0.222. The van der Waals surface area contributed by atoms with Crippen LogP contribution in [0.2, 0.25) is 0 Å². The minimum atomic E-state index is -5.13. The molecule has 14 nitrogen and oxygen atoms in total. The quantitative estimate of drug-likeness (QED) is 0.301. The van der Waals surface area contributed by atoms with Crippen molar-refractivity contribution in [2.45, 2.75) is 120 Å². The topological polar surface area (TPSA) is 185 Å². The SMILES string of the molecule is [2H]C([2H])([2H])Oc1cnc(O[C@@H]2C[C@H]3C(=O)N[C@]4(C(=O)NS(=O)(=O)C5(C)CC5)C[C@H]4/C=C\CC[C@@H](C)C[C@@H](C)[C@H](N(C(=O)O)C(C)(C)C(F)(F)F)C(=O)N3C2)c2ccccc12. The maximum absolute atomic E-state index is 15.0. The van der Waals surface area contributed by atoms with E-state index in [9.17, 15) is 41.1 Å². The third kappa shape index (κ3) is 7.85. The molecule has 0 unspecified atom stereocenters. The number of nitrogens with zero attached hydrogens (tertiary/aromatic N) is 3. The Hall–Kier alpha value is -4.61. The summed E-state index contributed by atoms with van der Waals surface area (Å²) in [5.74, 6) is -5.06. The van der Waals surface area contributed by atoms with Crippen LogP contribution in [0.1, 0.15) is 83.7 Å². The van der Waals surface area contributed by atoms with Gasteiger partial charge in [0.25, 0.3) is 5.91 Å². The van der Waals surface area contributed by atoms with Gasteiger partial charge in [-0.3, -0.25) is 24.0 Å². The highest BCUT2D eigenvalue weighted by Crippen LogP contribution is 2.48. The molecule has 3 heterocycles. The van der Waals surface area contributed by atoms with E-state index in [0.717, 1.165) is 11.1 Å². The molecule has 7 atom stereocenters. The van der Waals surface area contributed by atoms with Crippen molar-refractivity contribution in [3.8, 4) is 11.6 Å². The lowest BCUT2D eigenvalue weighted by Gasteiger charge is -2.45. The van der Waals surface area contributed by atoms with Gasteiger partial charge in [-0.25, -0.2) is 18.2 Å². The maximum atomic E-state index is 15.0. The second-order valence-electron chi connectivity index (χ2n) is 16.7. The minimum Gasteiger partial charge on any atom is -0.494 e. The number of allylic oxidation sites excluding steroid dienone is 1. The smallest absolute Gasteiger partial charge is 0.411 e. The fourth-order valence-electron chi connectivity index (χ4n) is 8.06. The summed E-state index contributed by atoms with van der Waals surface area (Å²) < 4.78 is 106. The largest absolute Gasteiger partial charge is 0.494 e. The van der Waals surface area contributed by atoms with Crippen molar-refractivity contribution in [1.29, 1.82) is 0 Å². The van der Waals surface area contributed by atoms with Gasteiger partial charge >= 0.3 is 12.3 Å². The van der Waals surface area contributed by atoms with Gasteiger partial charge in [0.2, 0.25) is 27.7 Å². The number of carboxylic acid groups (broad SMARTS) is 1. The Morgan fingerprint density at radius 1 is 1.14 bits per heavy atom. The van der Waals surface area contributed by atoms with E-state index in [4.69, 9.17) is 13.6 Å². The first-order valence-electron chi connectivity index (χ1n) is 20.4. The number of pyridine rings is 1. The van der Waals surface area contributed by atoms with Crippen molar-refractivity contribution < 1.29 is 59.5 Å². The van der Waals surface area contributed by atoms with Gasteiger partial charge in [0.05, 0.1) is 28.6 Å². The van der Waals surface area contributed by atoms with E-state index in [-0.39, 0.29) is 47.1 Å². The van der Waals surface area contributed by atoms with Crippen LogP contribution in [0.4, 0.5) is 18.0 Å². The number of nitrogens with one attached hydrogen (secondary N) is 2. The number of amides is 4. The summed E-state index contributed by atoms with van der Waals surface area (Å²) in [6.45, 7) is 5.67. The molecule has 1 aromatic heterocycles. The number of rotatable bonds is 8. The molecule has 18 heteroatoms.